The number of benzene rings is 3. The van der Waals surface area contributed by atoms with Crippen LogP contribution in [0, 0.1) is 6.92 Å². The number of carbonyl (C=O) groups is 2. The summed E-state index contributed by atoms with van der Waals surface area (Å²) in [5.74, 6) is -2.39. The van der Waals surface area contributed by atoms with Gasteiger partial charge in [-0.1, -0.05) is 51.8 Å². The quantitative estimate of drug-likeness (QED) is 0.464. The molecule has 0 amide bonds. The Morgan fingerprint density at radius 3 is 2.33 bits per heavy atom. The summed E-state index contributed by atoms with van der Waals surface area (Å²) in [6, 6.07) is 14.5. The lowest BCUT2D eigenvalue weighted by molar-refractivity contribution is -0.131. The Bertz CT molecular complexity index is 978. The zero-order chi connectivity index (χ0) is 17.4. The smallest absolute Gasteiger partial charge is 0.377 e. The number of ketones is 1. The van der Waals surface area contributed by atoms with E-state index in [9.17, 15) is 14.7 Å². The fourth-order valence-electron chi connectivity index (χ4n) is 2.84. The number of aryl methyl sites for hydroxylation is 1. The number of carbonyl (C=O) groups excluding carboxylic acids is 1. The Morgan fingerprint density at radius 1 is 1.04 bits per heavy atom. The fourth-order valence-corrected chi connectivity index (χ4v) is 3.44. The Kier molecular flexibility index (Phi) is 4.43. The summed E-state index contributed by atoms with van der Waals surface area (Å²) in [5.41, 5.74) is 2.17. The van der Waals surface area contributed by atoms with Crippen molar-refractivity contribution in [3.63, 3.8) is 0 Å². The van der Waals surface area contributed by atoms with Gasteiger partial charge in [-0.15, -0.1) is 0 Å². The molecular weight excluding hydrogens is 392 g/mol. The second-order valence-electron chi connectivity index (χ2n) is 5.42. The highest BCUT2D eigenvalue weighted by Crippen LogP contribution is 2.38. The summed E-state index contributed by atoms with van der Waals surface area (Å²) in [4.78, 5) is 23.6. The molecule has 3 aromatic carbocycles. The first-order valence-electron chi connectivity index (χ1n) is 7.15. The number of carboxylic acid groups (broad SMARTS) is 1. The van der Waals surface area contributed by atoms with Gasteiger partial charge in [0.2, 0.25) is 0 Å². The molecule has 3 aromatic rings. The maximum Gasteiger partial charge on any atom is 0.377 e. The molecule has 0 atom stereocenters. The summed E-state index contributed by atoms with van der Waals surface area (Å²) in [6.07, 6.45) is 0. The highest BCUT2D eigenvalue weighted by Gasteiger charge is 2.24. The molecule has 0 aliphatic rings. The number of carboxylic acids is 1. The van der Waals surface area contributed by atoms with Crippen LogP contribution in [0.3, 0.4) is 0 Å². The number of rotatable bonds is 3. The third-order valence-corrected chi connectivity index (χ3v) is 4.83. The van der Waals surface area contributed by atoms with Crippen LogP contribution < -0.4 is 0 Å². The SMILES string of the molecule is Cc1cc2c(Br)cccc2c(-c2ccc(Cl)cc2)c1C(=O)C(=O)O. The highest BCUT2D eigenvalue weighted by atomic mass is 79.9. The summed E-state index contributed by atoms with van der Waals surface area (Å²) in [6.45, 7) is 1.74. The largest absolute Gasteiger partial charge is 0.475 e. The molecule has 5 heteroatoms. The number of hydrogen-bond acceptors (Lipinski definition) is 2. The van der Waals surface area contributed by atoms with Crippen LogP contribution >= 0.6 is 27.5 Å². The first-order valence-corrected chi connectivity index (χ1v) is 8.32. The van der Waals surface area contributed by atoms with Gasteiger partial charge < -0.3 is 5.11 Å². The molecule has 0 bridgehead atoms. The van der Waals surface area contributed by atoms with E-state index in [2.05, 4.69) is 15.9 Å². The second-order valence-corrected chi connectivity index (χ2v) is 6.71. The molecule has 3 nitrogen and oxygen atoms in total. The summed E-state index contributed by atoms with van der Waals surface area (Å²) in [5, 5.41) is 11.5. The van der Waals surface area contributed by atoms with Crippen molar-refractivity contribution in [1.82, 2.24) is 0 Å². The maximum absolute atomic E-state index is 12.3. The van der Waals surface area contributed by atoms with E-state index in [0.29, 0.717) is 16.1 Å². The molecule has 24 heavy (non-hydrogen) atoms. The molecule has 0 unspecified atom stereocenters. The highest BCUT2D eigenvalue weighted by molar-refractivity contribution is 9.10. The standard InChI is InChI=1S/C19H12BrClO3/c1-10-9-14-13(3-2-4-15(14)20)17(16(10)18(22)19(23)24)11-5-7-12(21)8-6-11/h2-9H,1H3,(H,23,24). The Balaban J connectivity index is 2.48. The third-order valence-electron chi connectivity index (χ3n) is 3.88. The minimum Gasteiger partial charge on any atom is -0.475 e. The molecule has 1 N–H and O–H groups in total. The minimum absolute atomic E-state index is 0.204. The number of fused-ring (bicyclic) bond motifs is 1. The Morgan fingerprint density at radius 2 is 1.71 bits per heavy atom. The van der Waals surface area contributed by atoms with E-state index >= 15 is 0 Å². The molecule has 0 aliphatic carbocycles. The van der Waals surface area contributed by atoms with Crippen molar-refractivity contribution in [2.75, 3.05) is 0 Å². The van der Waals surface area contributed by atoms with Crippen molar-refractivity contribution in [2.45, 2.75) is 6.92 Å². The van der Waals surface area contributed by atoms with Crippen molar-refractivity contribution >= 4 is 50.1 Å². The van der Waals surface area contributed by atoms with Crippen molar-refractivity contribution in [2.24, 2.45) is 0 Å². The average molecular weight is 404 g/mol. The van der Waals surface area contributed by atoms with E-state index in [-0.39, 0.29) is 5.56 Å². The van der Waals surface area contributed by atoms with Crippen molar-refractivity contribution in [1.29, 1.82) is 0 Å². The molecule has 0 saturated carbocycles. The van der Waals surface area contributed by atoms with Crippen LogP contribution in [-0.2, 0) is 4.79 Å². The molecule has 0 fully saturated rings. The monoisotopic (exact) mass is 402 g/mol. The number of Topliss-reactive ketones (excluding diaryl/α,β-unsaturated/α-hetero) is 1. The Hall–Kier alpha value is -2.17. The molecule has 0 radical (unpaired) electrons. The van der Waals surface area contributed by atoms with Gasteiger partial charge >= 0.3 is 5.97 Å². The van der Waals surface area contributed by atoms with Gasteiger partial charge in [-0.25, -0.2) is 4.79 Å². The third kappa shape index (κ3) is 2.83. The van der Waals surface area contributed by atoms with Crippen LogP contribution in [0.4, 0.5) is 0 Å². The van der Waals surface area contributed by atoms with Gasteiger partial charge in [-0.2, -0.15) is 0 Å². The topological polar surface area (TPSA) is 54.4 Å². The molecular formula is C19H12BrClO3. The predicted octanol–water partition coefficient (Wildman–Crippen LogP) is 5.50. The van der Waals surface area contributed by atoms with Crippen LogP contribution in [0.2, 0.25) is 5.02 Å². The fraction of sp³-hybridized carbons (Fsp3) is 0.0526. The summed E-state index contributed by atoms with van der Waals surface area (Å²) < 4.78 is 0.882. The normalized spacial score (nSPS) is 10.8. The van der Waals surface area contributed by atoms with Crippen LogP contribution in [-0.4, -0.2) is 16.9 Å². The number of hydrogen-bond donors (Lipinski definition) is 1. The molecule has 0 aromatic heterocycles. The summed E-state index contributed by atoms with van der Waals surface area (Å²) >= 11 is 9.48. The van der Waals surface area contributed by atoms with Crippen molar-refractivity contribution < 1.29 is 14.7 Å². The van der Waals surface area contributed by atoms with Gasteiger partial charge in [0.25, 0.3) is 5.78 Å². The van der Waals surface area contributed by atoms with Gasteiger partial charge in [0, 0.05) is 20.6 Å². The van der Waals surface area contributed by atoms with Crippen LogP contribution in [0.25, 0.3) is 21.9 Å². The van der Waals surface area contributed by atoms with Gasteiger partial charge in [0.05, 0.1) is 0 Å². The van der Waals surface area contributed by atoms with E-state index in [0.717, 1.165) is 20.8 Å². The van der Waals surface area contributed by atoms with E-state index in [1.54, 1.807) is 31.2 Å². The lowest BCUT2D eigenvalue weighted by Crippen LogP contribution is -2.15. The number of aliphatic carboxylic acids is 1. The van der Waals surface area contributed by atoms with Crippen molar-refractivity contribution in [3.8, 4) is 11.1 Å². The van der Waals surface area contributed by atoms with Crippen LogP contribution in [0.15, 0.2) is 53.0 Å². The van der Waals surface area contributed by atoms with Crippen molar-refractivity contribution in [3.05, 3.63) is 69.2 Å². The second kappa shape index (κ2) is 6.38. The minimum atomic E-state index is -1.47. The number of halogens is 2. The summed E-state index contributed by atoms with van der Waals surface area (Å²) in [7, 11) is 0. The van der Waals surface area contributed by atoms with Gasteiger partial charge in [0.1, 0.15) is 0 Å². The predicted molar refractivity (Wildman–Crippen MR) is 98.8 cm³/mol. The zero-order valence-corrected chi connectivity index (χ0v) is 15.0. The average Bonchev–Trinajstić information content (AvgIpc) is 2.55. The van der Waals surface area contributed by atoms with Gasteiger partial charge in [-0.05, 0) is 53.1 Å². The van der Waals surface area contributed by atoms with Crippen LogP contribution in [0.5, 0.6) is 0 Å². The van der Waals surface area contributed by atoms with E-state index < -0.39 is 11.8 Å². The van der Waals surface area contributed by atoms with E-state index in [1.165, 1.54) is 0 Å². The zero-order valence-electron chi connectivity index (χ0n) is 12.6. The van der Waals surface area contributed by atoms with Gasteiger partial charge in [-0.3, -0.25) is 4.79 Å². The molecule has 120 valence electrons. The lowest BCUT2D eigenvalue weighted by atomic mass is 9.88. The Labute approximate surface area is 152 Å². The maximum atomic E-state index is 12.3. The molecule has 3 rings (SSSR count). The molecule has 0 aliphatic heterocycles. The first kappa shape index (κ1) is 16.7. The molecule has 0 saturated heterocycles. The molecule has 0 spiro atoms. The lowest BCUT2D eigenvalue weighted by Gasteiger charge is -2.15. The van der Waals surface area contributed by atoms with Crippen LogP contribution in [0.1, 0.15) is 15.9 Å². The van der Waals surface area contributed by atoms with E-state index in [1.807, 2.05) is 24.3 Å². The van der Waals surface area contributed by atoms with Gasteiger partial charge in [0.15, 0.2) is 0 Å². The first-order chi connectivity index (χ1) is 11.4. The molecule has 0 heterocycles. The van der Waals surface area contributed by atoms with E-state index in [4.69, 9.17) is 11.6 Å².